The molecule has 16 nitrogen and oxygen atoms in total. The smallest absolute Gasteiger partial charge is 0.317 e. The van der Waals surface area contributed by atoms with Gasteiger partial charge in [-0.3, -0.25) is 24.5 Å². The maximum Gasteiger partial charge on any atom is 0.317 e. The molecule has 0 radical (unpaired) electrons. The number of piperazine rings is 1. The molecule has 1 aliphatic carbocycles. The van der Waals surface area contributed by atoms with Crippen LogP contribution in [0.15, 0.2) is 72.9 Å². The summed E-state index contributed by atoms with van der Waals surface area (Å²) in [6.07, 6.45) is 6.45. The number of benzene rings is 3. The Labute approximate surface area is 370 Å². The largest absolute Gasteiger partial charge is 0.368 e. The molecule has 1 aromatic heterocycles. The van der Waals surface area contributed by atoms with Gasteiger partial charge in [-0.1, -0.05) is 41.6 Å². The van der Waals surface area contributed by atoms with E-state index in [9.17, 15) is 24.0 Å². The molecule has 3 fully saturated rings. The lowest BCUT2D eigenvalue weighted by Crippen LogP contribution is -2.54. The number of imide groups is 1. The summed E-state index contributed by atoms with van der Waals surface area (Å²) in [6.45, 7) is 3.74. The van der Waals surface area contributed by atoms with Gasteiger partial charge in [-0.15, -0.1) is 0 Å². The average Bonchev–Trinajstić information content (AvgIpc) is 3.64. The molecule has 6 amide bonds. The summed E-state index contributed by atoms with van der Waals surface area (Å²) in [4.78, 5) is 77.4. The van der Waals surface area contributed by atoms with Crippen LogP contribution in [0.2, 0.25) is 5.02 Å². The molecule has 1 saturated carbocycles. The second-order valence-corrected chi connectivity index (χ2v) is 16.4. The van der Waals surface area contributed by atoms with Gasteiger partial charge in [0.1, 0.15) is 11.1 Å². The molecule has 1 atom stereocenters. The number of hydrogen-bond donors (Lipinski definition) is 6. The molecule has 4 aliphatic rings. The van der Waals surface area contributed by atoms with Gasteiger partial charge in [0.05, 0.1) is 17.4 Å². The molecule has 0 spiro atoms. The molecule has 3 aromatic carbocycles. The van der Waals surface area contributed by atoms with E-state index in [0.29, 0.717) is 72.1 Å². The first-order chi connectivity index (χ1) is 30.6. The average molecular weight is 872 g/mol. The van der Waals surface area contributed by atoms with Crippen molar-refractivity contribution < 1.29 is 24.0 Å². The van der Waals surface area contributed by atoms with Crippen molar-refractivity contribution in [2.24, 2.45) is 0 Å². The van der Waals surface area contributed by atoms with E-state index in [0.717, 1.165) is 67.8 Å². The molecule has 2 saturated heterocycles. The summed E-state index contributed by atoms with van der Waals surface area (Å²) in [7, 11) is 1.58. The van der Waals surface area contributed by atoms with Crippen LogP contribution < -0.4 is 36.8 Å². The van der Waals surface area contributed by atoms with Crippen LogP contribution >= 0.6 is 11.6 Å². The fourth-order valence-corrected chi connectivity index (χ4v) is 8.67. The number of para-hydroxylation sites is 1. The third kappa shape index (κ3) is 10.2. The van der Waals surface area contributed by atoms with Crippen LogP contribution in [0.4, 0.5) is 33.6 Å². The van der Waals surface area contributed by atoms with Gasteiger partial charge in [-0.05, 0) is 86.2 Å². The number of nitrogens with one attached hydrogen (secondary N) is 6. The van der Waals surface area contributed by atoms with E-state index in [1.54, 1.807) is 36.2 Å². The Morgan fingerprint density at radius 2 is 1.65 bits per heavy atom. The predicted molar refractivity (Wildman–Crippen MR) is 240 cm³/mol. The predicted octanol–water partition coefficient (Wildman–Crippen LogP) is 4.91. The van der Waals surface area contributed by atoms with E-state index >= 15 is 0 Å². The van der Waals surface area contributed by atoms with Crippen molar-refractivity contribution in [2.45, 2.75) is 69.6 Å². The van der Waals surface area contributed by atoms with Crippen LogP contribution in [0.3, 0.4) is 0 Å². The molecule has 17 heteroatoms. The molecule has 8 rings (SSSR count). The van der Waals surface area contributed by atoms with Gasteiger partial charge < -0.3 is 41.3 Å². The number of fused-ring (bicyclic) bond motifs is 1. The number of carbonyl (C=O) groups is 5. The van der Waals surface area contributed by atoms with E-state index in [1.165, 1.54) is 6.20 Å². The third-order valence-electron chi connectivity index (χ3n) is 12.0. The van der Waals surface area contributed by atoms with Crippen LogP contribution in [-0.2, 0) is 16.1 Å². The van der Waals surface area contributed by atoms with E-state index < -0.39 is 11.9 Å². The summed E-state index contributed by atoms with van der Waals surface area (Å²) in [5.74, 6) is 6.04. The minimum Gasteiger partial charge on any atom is -0.368 e. The van der Waals surface area contributed by atoms with Gasteiger partial charge in [0.25, 0.3) is 11.8 Å². The number of piperidine rings is 1. The Morgan fingerprint density at radius 1 is 0.889 bits per heavy atom. The standard InChI is InChI=1S/C46H50ClN11O5/c1-48-42(60)35-9-2-3-11-38(35)53-41-37(47)27-50-45(55-41)51-31-16-18-33(19-17-31)56-23-25-57(26-24-56)46(63)52-32-14-12-30(13-15-32)49-22-5-4-7-29-8-6-10-34-36(29)28-58(44(34)62)39-20-21-40(59)54-43(39)61/h2-3,6,8-11,16-19,27,30,32,39,49H,5,12-15,20-26,28H2,1H3,(H,48,60)(H,52,63)(H,54,59,61)(H2,50,51,53,55). The normalized spacial score (nSPS) is 19.7. The lowest BCUT2D eigenvalue weighted by Gasteiger charge is -2.37. The quantitative estimate of drug-likeness (QED) is 0.0682. The van der Waals surface area contributed by atoms with Gasteiger partial charge in [0.15, 0.2) is 5.82 Å². The molecule has 4 aromatic rings. The summed E-state index contributed by atoms with van der Waals surface area (Å²) in [5.41, 5.74) is 5.06. The maximum absolute atomic E-state index is 13.3. The summed E-state index contributed by atoms with van der Waals surface area (Å²) in [6, 6.07) is 20.4. The van der Waals surface area contributed by atoms with Crippen molar-refractivity contribution in [3.8, 4) is 11.8 Å². The Kier molecular flexibility index (Phi) is 13.3. The number of hydrogen-bond acceptors (Lipinski definition) is 11. The lowest BCUT2D eigenvalue weighted by molar-refractivity contribution is -0.136. The molecule has 63 heavy (non-hydrogen) atoms. The first-order valence-electron chi connectivity index (χ1n) is 21.4. The van der Waals surface area contributed by atoms with Gasteiger partial charge in [-0.2, -0.15) is 4.98 Å². The molecule has 0 bridgehead atoms. The minimum absolute atomic E-state index is 0.0100. The summed E-state index contributed by atoms with van der Waals surface area (Å²) in [5, 5.41) is 18.6. The highest BCUT2D eigenvalue weighted by Crippen LogP contribution is 2.31. The van der Waals surface area contributed by atoms with Crippen molar-refractivity contribution in [2.75, 3.05) is 55.3 Å². The van der Waals surface area contributed by atoms with Crippen LogP contribution in [0.25, 0.3) is 0 Å². The van der Waals surface area contributed by atoms with Crippen molar-refractivity contribution in [1.82, 2.24) is 41.0 Å². The summed E-state index contributed by atoms with van der Waals surface area (Å²) >= 11 is 6.40. The third-order valence-corrected chi connectivity index (χ3v) is 12.3. The second-order valence-electron chi connectivity index (χ2n) is 16.0. The Morgan fingerprint density at radius 3 is 2.41 bits per heavy atom. The number of aromatic nitrogens is 2. The second kappa shape index (κ2) is 19.6. The minimum atomic E-state index is -0.651. The Bertz CT molecular complexity index is 2440. The van der Waals surface area contributed by atoms with Crippen LogP contribution in [0.5, 0.6) is 0 Å². The molecule has 3 aliphatic heterocycles. The van der Waals surface area contributed by atoms with Gasteiger partial charge in [0.2, 0.25) is 17.8 Å². The first-order valence-corrected chi connectivity index (χ1v) is 21.8. The molecule has 1 unspecified atom stereocenters. The Balaban J connectivity index is 0.737. The summed E-state index contributed by atoms with van der Waals surface area (Å²) < 4.78 is 0. The van der Waals surface area contributed by atoms with E-state index in [-0.39, 0.29) is 36.2 Å². The van der Waals surface area contributed by atoms with Crippen LogP contribution in [-0.4, -0.2) is 107 Å². The monoisotopic (exact) mass is 871 g/mol. The van der Waals surface area contributed by atoms with Crippen molar-refractivity contribution in [1.29, 1.82) is 0 Å². The molecular weight excluding hydrogens is 822 g/mol. The maximum atomic E-state index is 13.3. The molecule has 4 heterocycles. The number of anilines is 5. The van der Waals surface area contributed by atoms with Crippen LogP contribution in [0.1, 0.15) is 76.8 Å². The zero-order valence-corrected chi connectivity index (χ0v) is 35.8. The number of rotatable bonds is 11. The highest BCUT2D eigenvalue weighted by molar-refractivity contribution is 6.33. The van der Waals surface area contributed by atoms with Crippen molar-refractivity contribution >= 4 is 70.1 Å². The Hall–Kier alpha value is -6.70. The highest BCUT2D eigenvalue weighted by Gasteiger charge is 2.39. The van der Waals surface area contributed by atoms with Gasteiger partial charge in [-0.25, -0.2) is 9.78 Å². The SMILES string of the molecule is CNC(=O)c1ccccc1Nc1nc(Nc2ccc(N3CCN(C(=O)NC4CCC(NCCC#Cc5cccc6c5CN(C5CCC(=O)NC5=O)C6=O)CC4)CC3)cc2)ncc1Cl. The van der Waals surface area contributed by atoms with Crippen molar-refractivity contribution in [3.05, 3.63) is 100 Å². The van der Waals surface area contributed by atoms with Gasteiger partial charge >= 0.3 is 6.03 Å². The zero-order chi connectivity index (χ0) is 43.9. The number of urea groups is 1. The lowest BCUT2D eigenvalue weighted by atomic mass is 9.91. The zero-order valence-electron chi connectivity index (χ0n) is 35.0. The fourth-order valence-electron chi connectivity index (χ4n) is 8.53. The topological polar surface area (TPSA) is 193 Å². The van der Waals surface area contributed by atoms with Gasteiger partial charge in [0, 0.05) is 93.7 Å². The first kappa shape index (κ1) is 43.0. The number of nitrogens with zero attached hydrogens (tertiary/aromatic N) is 5. The fraction of sp³-hybridized carbons (Fsp3) is 0.370. The highest BCUT2D eigenvalue weighted by atomic mass is 35.5. The van der Waals surface area contributed by atoms with Crippen molar-refractivity contribution in [3.63, 3.8) is 0 Å². The molecule has 326 valence electrons. The number of halogens is 1. The number of carbonyl (C=O) groups excluding carboxylic acids is 5. The van der Waals surface area contributed by atoms with E-state index in [2.05, 4.69) is 58.6 Å². The molecule has 6 N–H and O–H groups in total. The van der Waals surface area contributed by atoms with E-state index in [4.69, 9.17) is 11.6 Å². The number of amides is 6. The molecular formula is C46H50ClN11O5. The van der Waals surface area contributed by atoms with Crippen LogP contribution in [0, 0.1) is 11.8 Å². The van der Waals surface area contributed by atoms with E-state index in [1.807, 2.05) is 47.4 Å².